The summed E-state index contributed by atoms with van der Waals surface area (Å²) in [7, 11) is 1.59. The van der Waals surface area contributed by atoms with E-state index in [1.54, 1.807) is 12.0 Å². The molecule has 2 amide bonds. The Balaban J connectivity index is 1.96. The third kappa shape index (κ3) is 4.88. The highest BCUT2D eigenvalue weighted by Gasteiger charge is 2.27. The molecular formula is C19H29N3O4. The first kappa shape index (κ1) is 20.0. The molecule has 0 bridgehead atoms. The highest BCUT2D eigenvalue weighted by molar-refractivity contribution is 5.91. The van der Waals surface area contributed by atoms with Gasteiger partial charge in [0.2, 0.25) is 0 Å². The molecule has 0 spiro atoms. The molecular weight excluding hydrogens is 334 g/mol. The fourth-order valence-electron chi connectivity index (χ4n) is 3.36. The summed E-state index contributed by atoms with van der Waals surface area (Å²) in [4.78, 5) is 27.3. The second kappa shape index (κ2) is 8.89. The van der Waals surface area contributed by atoms with Gasteiger partial charge in [0.15, 0.2) is 0 Å². The minimum absolute atomic E-state index is 0.0488. The largest absolute Gasteiger partial charge is 0.495 e. The lowest BCUT2D eigenvalue weighted by Gasteiger charge is -2.37. The maximum Gasteiger partial charge on any atom is 0.321 e. The molecule has 2 N–H and O–H groups in total. The Morgan fingerprint density at radius 2 is 1.88 bits per heavy atom. The van der Waals surface area contributed by atoms with Gasteiger partial charge in [-0.15, -0.1) is 0 Å². The summed E-state index contributed by atoms with van der Waals surface area (Å²) in [6, 6.07) is 3.90. The van der Waals surface area contributed by atoms with Crippen LogP contribution in [-0.2, 0) is 4.79 Å². The number of aryl methyl sites for hydroxylation is 2. The van der Waals surface area contributed by atoms with E-state index in [0.29, 0.717) is 31.1 Å². The molecule has 0 aliphatic carbocycles. The van der Waals surface area contributed by atoms with Crippen molar-refractivity contribution < 1.29 is 19.4 Å². The zero-order valence-corrected chi connectivity index (χ0v) is 16.0. The fourth-order valence-corrected chi connectivity index (χ4v) is 3.36. The first-order chi connectivity index (χ1) is 12.3. The van der Waals surface area contributed by atoms with Gasteiger partial charge in [0.05, 0.1) is 19.3 Å². The number of ether oxygens (including phenoxy) is 1. The van der Waals surface area contributed by atoms with Crippen LogP contribution in [0.25, 0.3) is 0 Å². The number of nitrogens with zero attached hydrogens (tertiary/aromatic N) is 2. The monoisotopic (exact) mass is 363 g/mol. The van der Waals surface area contributed by atoms with E-state index in [0.717, 1.165) is 24.0 Å². The standard InChI is InChI=1S/C19H29N3O4/c1-5-21(12-18(23)24)15-6-8-22(9-7-15)19(25)20-16-10-13(2)14(3)11-17(16)26-4/h10-11,15H,5-9,12H2,1-4H3,(H,20,25)(H,23,24). The third-order valence-electron chi connectivity index (χ3n) is 5.07. The van der Waals surface area contributed by atoms with Gasteiger partial charge in [0, 0.05) is 19.1 Å². The number of hydrogen-bond donors (Lipinski definition) is 2. The number of rotatable bonds is 6. The lowest BCUT2D eigenvalue weighted by molar-refractivity contribution is -0.139. The van der Waals surface area contributed by atoms with Gasteiger partial charge in [-0.1, -0.05) is 6.92 Å². The van der Waals surface area contributed by atoms with Crippen molar-refractivity contribution in [1.82, 2.24) is 9.80 Å². The van der Waals surface area contributed by atoms with Crippen LogP contribution in [0.2, 0.25) is 0 Å². The molecule has 1 aromatic rings. The molecule has 26 heavy (non-hydrogen) atoms. The maximum absolute atomic E-state index is 12.6. The molecule has 0 saturated carbocycles. The van der Waals surface area contributed by atoms with E-state index in [-0.39, 0.29) is 18.6 Å². The maximum atomic E-state index is 12.6. The Hall–Kier alpha value is -2.28. The molecule has 1 aliphatic rings. The number of urea groups is 1. The van der Waals surface area contributed by atoms with Crippen molar-refractivity contribution in [3.05, 3.63) is 23.3 Å². The second-order valence-corrected chi connectivity index (χ2v) is 6.74. The number of nitrogens with one attached hydrogen (secondary N) is 1. The molecule has 1 aliphatic heterocycles. The molecule has 0 atom stereocenters. The summed E-state index contributed by atoms with van der Waals surface area (Å²) in [5, 5.41) is 12.0. The van der Waals surface area contributed by atoms with Crippen molar-refractivity contribution in [2.24, 2.45) is 0 Å². The zero-order valence-electron chi connectivity index (χ0n) is 16.0. The molecule has 0 aromatic heterocycles. The molecule has 1 heterocycles. The summed E-state index contributed by atoms with van der Waals surface area (Å²) in [6.45, 7) is 7.94. The number of piperidine rings is 1. The number of carbonyl (C=O) groups is 2. The van der Waals surface area contributed by atoms with Gasteiger partial charge in [-0.05, 0) is 56.5 Å². The van der Waals surface area contributed by atoms with E-state index in [9.17, 15) is 9.59 Å². The number of anilines is 1. The number of carboxylic acids is 1. The van der Waals surface area contributed by atoms with Crippen LogP contribution in [-0.4, -0.2) is 66.2 Å². The van der Waals surface area contributed by atoms with Crippen LogP contribution >= 0.6 is 0 Å². The molecule has 1 fully saturated rings. The summed E-state index contributed by atoms with van der Waals surface area (Å²) in [5.74, 6) is -0.163. The molecule has 144 valence electrons. The van der Waals surface area contributed by atoms with Crippen molar-refractivity contribution in [3.63, 3.8) is 0 Å². The van der Waals surface area contributed by atoms with Crippen molar-refractivity contribution >= 4 is 17.7 Å². The highest BCUT2D eigenvalue weighted by Crippen LogP contribution is 2.28. The molecule has 1 saturated heterocycles. The van der Waals surface area contributed by atoms with Crippen molar-refractivity contribution in [3.8, 4) is 5.75 Å². The Morgan fingerprint density at radius 1 is 1.27 bits per heavy atom. The number of aliphatic carboxylic acids is 1. The van der Waals surface area contributed by atoms with Gasteiger partial charge in [-0.25, -0.2) is 4.79 Å². The van der Waals surface area contributed by atoms with Gasteiger partial charge in [-0.3, -0.25) is 9.69 Å². The summed E-state index contributed by atoms with van der Waals surface area (Å²) < 4.78 is 5.37. The SMILES string of the molecule is CCN(CC(=O)O)C1CCN(C(=O)Nc2cc(C)c(C)cc2OC)CC1. The Morgan fingerprint density at radius 3 is 2.42 bits per heavy atom. The third-order valence-corrected chi connectivity index (χ3v) is 5.07. The van der Waals surface area contributed by atoms with Gasteiger partial charge < -0.3 is 20.1 Å². The Kier molecular flexibility index (Phi) is 6.85. The van der Waals surface area contributed by atoms with Gasteiger partial charge >= 0.3 is 12.0 Å². The molecule has 0 unspecified atom stereocenters. The summed E-state index contributed by atoms with van der Waals surface area (Å²) in [5.41, 5.74) is 2.87. The molecule has 1 aromatic carbocycles. The topological polar surface area (TPSA) is 82.1 Å². The Labute approximate surface area is 154 Å². The second-order valence-electron chi connectivity index (χ2n) is 6.74. The molecule has 7 heteroatoms. The minimum atomic E-state index is -0.811. The first-order valence-electron chi connectivity index (χ1n) is 9.02. The smallest absolute Gasteiger partial charge is 0.321 e. The fraction of sp³-hybridized carbons (Fsp3) is 0.579. The molecule has 0 radical (unpaired) electrons. The highest BCUT2D eigenvalue weighted by atomic mass is 16.5. The van der Waals surface area contributed by atoms with Gasteiger partial charge in [0.25, 0.3) is 0 Å². The van der Waals surface area contributed by atoms with Crippen LogP contribution in [0.5, 0.6) is 5.75 Å². The van der Waals surface area contributed by atoms with Crippen molar-refractivity contribution in [1.29, 1.82) is 0 Å². The number of carboxylic acid groups (broad SMARTS) is 1. The van der Waals surface area contributed by atoms with E-state index < -0.39 is 5.97 Å². The number of amides is 2. The minimum Gasteiger partial charge on any atom is -0.495 e. The summed E-state index contributed by atoms with van der Waals surface area (Å²) in [6.07, 6.45) is 1.55. The number of likely N-dealkylation sites (N-methyl/N-ethyl adjacent to an activating group) is 1. The molecule has 7 nitrogen and oxygen atoms in total. The summed E-state index contributed by atoms with van der Waals surface area (Å²) >= 11 is 0. The van der Waals surface area contributed by atoms with Crippen LogP contribution in [0.4, 0.5) is 10.5 Å². The number of likely N-dealkylation sites (tertiary alicyclic amines) is 1. The van der Waals surface area contributed by atoms with E-state index in [1.165, 1.54) is 0 Å². The van der Waals surface area contributed by atoms with Crippen LogP contribution in [0, 0.1) is 13.8 Å². The van der Waals surface area contributed by atoms with E-state index in [2.05, 4.69) is 5.32 Å². The number of benzene rings is 1. The first-order valence-corrected chi connectivity index (χ1v) is 9.02. The van der Waals surface area contributed by atoms with Crippen LogP contribution in [0.1, 0.15) is 30.9 Å². The lowest BCUT2D eigenvalue weighted by Crippen LogP contribution is -2.49. The number of carbonyl (C=O) groups excluding carboxylic acids is 1. The van der Waals surface area contributed by atoms with Crippen LogP contribution in [0.3, 0.4) is 0 Å². The lowest BCUT2D eigenvalue weighted by atomic mass is 10.0. The predicted molar refractivity (Wildman–Crippen MR) is 101 cm³/mol. The van der Waals surface area contributed by atoms with Crippen LogP contribution < -0.4 is 10.1 Å². The normalized spacial score (nSPS) is 15.2. The number of methoxy groups -OCH3 is 1. The zero-order chi connectivity index (χ0) is 19.3. The van der Waals surface area contributed by atoms with Gasteiger partial charge in [-0.2, -0.15) is 0 Å². The van der Waals surface area contributed by atoms with Crippen molar-refractivity contribution in [2.45, 2.75) is 39.7 Å². The molecule has 2 rings (SSSR count). The van der Waals surface area contributed by atoms with E-state index in [1.807, 2.05) is 37.8 Å². The predicted octanol–water partition coefficient (Wildman–Crippen LogP) is 2.71. The average Bonchev–Trinajstić information content (AvgIpc) is 2.62. The van der Waals surface area contributed by atoms with Crippen molar-refractivity contribution in [2.75, 3.05) is 38.6 Å². The number of hydrogen-bond acceptors (Lipinski definition) is 4. The average molecular weight is 363 g/mol. The Bertz CT molecular complexity index is 654. The quantitative estimate of drug-likeness (QED) is 0.812. The van der Waals surface area contributed by atoms with E-state index in [4.69, 9.17) is 9.84 Å². The van der Waals surface area contributed by atoms with E-state index >= 15 is 0 Å². The van der Waals surface area contributed by atoms with Crippen LogP contribution in [0.15, 0.2) is 12.1 Å². The van der Waals surface area contributed by atoms with Gasteiger partial charge in [0.1, 0.15) is 5.75 Å².